The predicted molar refractivity (Wildman–Crippen MR) is 96.9 cm³/mol. The molecule has 8 nitrogen and oxygen atoms in total. The summed E-state index contributed by atoms with van der Waals surface area (Å²) in [5.74, 6) is -0.858. The number of carbonyl (C=O) groups excluding carboxylic acids is 1. The second-order valence-corrected chi connectivity index (χ2v) is 6.80. The van der Waals surface area contributed by atoms with E-state index in [4.69, 9.17) is 11.6 Å². The topological polar surface area (TPSA) is 84.5 Å². The number of amides is 1. The van der Waals surface area contributed by atoms with E-state index in [1.807, 2.05) is 0 Å². The zero-order valence-electron chi connectivity index (χ0n) is 14.8. The molecule has 1 aliphatic rings. The number of aromatic nitrogens is 2. The van der Waals surface area contributed by atoms with Crippen molar-refractivity contribution in [1.82, 2.24) is 19.6 Å². The van der Waals surface area contributed by atoms with Crippen LogP contribution in [0.15, 0.2) is 24.3 Å². The van der Waals surface area contributed by atoms with Crippen LogP contribution in [0.25, 0.3) is 0 Å². The molecule has 10 heteroatoms. The first-order valence-corrected chi connectivity index (χ1v) is 8.85. The Hall–Kier alpha value is -2.52. The molecule has 3 rings (SSSR count). The van der Waals surface area contributed by atoms with Crippen LogP contribution in [0, 0.1) is 22.9 Å². The van der Waals surface area contributed by atoms with Crippen LogP contribution in [0.2, 0.25) is 5.02 Å². The van der Waals surface area contributed by atoms with Crippen LogP contribution in [-0.4, -0.2) is 56.6 Å². The van der Waals surface area contributed by atoms with E-state index in [-0.39, 0.29) is 23.3 Å². The molecule has 144 valence electrons. The SMILES string of the molecule is Cc1c(Cl)c([N+](=O)[O-])nn1CC(=O)N1CCN(Cc2ccc(F)cc2)CC1. The maximum atomic E-state index is 13.0. The number of hydrogen-bond donors (Lipinski definition) is 0. The van der Waals surface area contributed by atoms with Crippen molar-refractivity contribution in [3.8, 4) is 0 Å². The second-order valence-electron chi connectivity index (χ2n) is 6.42. The minimum absolute atomic E-state index is 0.0445. The molecule has 0 spiro atoms. The Bertz CT molecular complexity index is 847. The molecule has 0 aliphatic carbocycles. The first-order valence-electron chi connectivity index (χ1n) is 8.47. The summed E-state index contributed by atoms with van der Waals surface area (Å²) in [5.41, 5.74) is 1.41. The van der Waals surface area contributed by atoms with E-state index < -0.39 is 10.7 Å². The van der Waals surface area contributed by atoms with E-state index in [1.54, 1.807) is 24.0 Å². The number of nitro groups is 1. The van der Waals surface area contributed by atoms with E-state index in [9.17, 15) is 19.3 Å². The van der Waals surface area contributed by atoms with Crippen LogP contribution in [0.5, 0.6) is 0 Å². The first kappa shape index (κ1) is 19.2. The number of nitrogens with zero attached hydrogens (tertiary/aromatic N) is 5. The molecular weight excluding hydrogens is 377 g/mol. The molecule has 0 radical (unpaired) electrons. The standard InChI is InChI=1S/C17H19ClFN5O3/c1-12-16(18)17(24(26)27)20-23(12)11-15(25)22-8-6-21(7-9-22)10-13-2-4-14(19)5-3-13/h2-5H,6-11H2,1H3. The summed E-state index contributed by atoms with van der Waals surface area (Å²) in [6, 6.07) is 6.38. The molecule has 0 N–H and O–H groups in total. The van der Waals surface area contributed by atoms with Gasteiger partial charge in [-0.25, -0.2) is 4.39 Å². The van der Waals surface area contributed by atoms with E-state index in [0.717, 1.165) is 5.56 Å². The molecule has 2 aromatic rings. The summed E-state index contributed by atoms with van der Waals surface area (Å²) in [6.07, 6.45) is 0. The van der Waals surface area contributed by atoms with Gasteiger partial charge in [-0.3, -0.25) is 9.69 Å². The molecule has 1 amide bonds. The van der Waals surface area contributed by atoms with Crippen LogP contribution in [0.1, 0.15) is 11.3 Å². The Morgan fingerprint density at radius 3 is 2.44 bits per heavy atom. The number of carbonyl (C=O) groups is 1. The van der Waals surface area contributed by atoms with Gasteiger partial charge in [0.1, 0.15) is 12.4 Å². The maximum Gasteiger partial charge on any atom is 0.408 e. The molecule has 0 bridgehead atoms. The maximum absolute atomic E-state index is 13.0. The van der Waals surface area contributed by atoms with Crippen LogP contribution in [0.4, 0.5) is 10.2 Å². The van der Waals surface area contributed by atoms with Crippen LogP contribution >= 0.6 is 11.6 Å². The second kappa shape index (κ2) is 8.01. The fourth-order valence-corrected chi connectivity index (χ4v) is 3.21. The molecule has 0 saturated carbocycles. The molecule has 0 atom stereocenters. The van der Waals surface area contributed by atoms with Crippen molar-refractivity contribution in [3.63, 3.8) is 0 Å². The summed E-state index contributed by atoms with van der Waals surface area (Å²) in [4.78, 5) is 26.6. The molecule has 1 fully saturated rings. The van der Waals surface area contributed by atoms with Crippen LogP contribution in [-0.2, 0) is 17.9 Å². The Balaban J connectivity index is 1.55. The van der Waals surface area contributed by atoms with Crippen molar-refractivity contribution >= 4 is 23.3 Å². The summed E-state index contributed by atoms with van der Waals surface area (Å²) >= 11 is 5.90. The van der Waals surface area contributed by atoms with Crippen molar-refractivity contribution in [2.75, 3.05) is 26.2 Å². The normalized spacial score (nSPS) is 15.1. The molecule has 2 heterocycles. The van der Waals surface area contributed by atoms with Crippen molar-refractivity contribution in [2.45, 2.75) is 20.0 Å². The Morgan fingerprint density at radius 1 is 1.26 bits per heavy atom. The van der Waals surface area contributed by atoms with Gasteiger partial charge in [0, 0.05) is 32.7 Å². The number of benzene rings is 1. The van der Waals surface area contributed by atoms with Gasteiger partial charge in [0.25, 0.3) is 0 Å². The van der Waals surface area contributed by atoms with E-state index in [1.165, 1.54) is 16.8 Å². The summed E-state index contributed by atoms with van der Waals surface area (Å²) < 4.78 is 14.2. The number of hydrogen-bond acceptors (Lipinski definition) is 5. The smallest absolute Gasteiger partial charge is 0.358 e. The lowest BCUT2D eigenvalue weighted by molar-refractivity contribution is -0.389. The lowest BCUT2D eigenvalue weighted by atomic mass is 10.2. The largest absolute Gasteiger partial charge is 0.408 e. The number of piperazine rings is 1. The minimum atomic E-state index is -0.662. The monoisotopic (exact) mass is 395 g/mol. The average Bonchev–Trinajstić information content (AvgIpc) is 2.93. The average molecular weight is 396 g/mol. The Labute approximate surface area is 160 Å². The lowest BCUT2D eigenvalue weighted by Crippen LogP contribution is -2.49. The van der Waals surface area contributed by atoms with Gasteiger partial charge in [0.15, 0.2) is 5.02 Å². The zero-order chi connectivity index (χ0) is 19.6. The van der Waals surface area contributed by atoms with Crippen molar-refractivity contribution < 1.29 is 14.1 Å². The van der Waals surface area contributed by atoms with Gasteiger partial charge < -0.3 is 15.0 Å². The van der Waals surface area contributed by atoms with E-state index >= 15 is 0 Å². The summed E-state index contributed by atoms with van der Waals surface area (Å²) in [6.45, 7) is 4.70. The third-order valence-corrected chi connectivity index (χ3v) is 5.06. The fourth-order valence-electron chi connectivity index (χ4n) is 3.01. The highest BCUT2D eigenvalue weighted by Gasteiger charge is 2.27. The van der Waals surface area contributed by atoms with Gasteiger partial charge in [-0.1, -0.05) is 23.7 Å². The highest BCUT2D eigenvalue weighted by Crippen LogP contribution is 2.26. The highest BCUT2D eigenvalue weighted by atomic mass is 35.5. The molecule has 0 unspecified atom stereocenters. The number of rotatable bonds is 5. The third kappa shape index (κ3) is 4.42. The highest BCUT2D eigenvalue weighted by molar-refractivity contribution is 6.33. The molecule has 1 aromatic carbocycles. The number of halogens is 2. The molecule has 1 saturated heterocycles. The van der Waals surface area contributed by atoms with Crippen LogP contribution < -0.4 is 0 Å². The quantitative estimate of drug-likeness (QED) is 0.572. The molecule has 27 heavy (non-hydrogen) atoms. The molecule has 1 aromatic heterocycles. The van der Waals surface area contributed by atoms with Crippen molar-refractivity contribution in [2.24, 2.45) is 0 Å². The van der Waals surface area contributed by atoms with Gasteiger partial charge in [0.05, 0.1) is 10.8 Å². The van der Waals surface area contributed by atoms with Gasteiger partial charge >= 0.3 is 5.82 Å². The molecular formula is C17H19ClFN5O3. The van der Waals surface area contributed by atoms with Gasteiger partial charge in [0.2, 0.25) is 5.91 Å². The van der Waals surface area contributed by atoms with E-state index in [0.29, 0.717) is 38.4 Å². The van der Waals surface area contributed by atoms with Crippen molar-refractivity contribution in [3.05, 3.63) is 56.5 Å². The Kier molecular flexibility index (Phi) is 5.71. The predicted octanol–water partition coefficient (Wildman–Crippen LogP) is 2.24. The summed E-state index contributed by atoms with van der Waals surface area (Å²) in [5, 5.41) is 14.7. The van der Waals surface area contributed by atoms with E-state index in [2.05, 4.69) is 10.00 Å². The zero-order valence-corrected chi connectivity index (χ0v) is 15.5. The lowest BCUT2D eigenvalue weighted by Gasteiger charge is -2.34. The fraction of sp³-hybridized carbons (Fsp3) is 0.412. The third-order valence-electron chi connectivity index (χ3n) is 4.62. The minimum Gasteiger partial charge on any atom is -0.358 e. The molecule has 1 aliphatic heterocycles. The van der Waals surface area contributed by atoms with Crippen molar-refractivity contribution in [1.29, 1.82) is 0 Å². The Morgan fingerprint density at radius 2 is 1.89 bits per heavy atom. The van der Waals surface area contributed by atoms with Gasteiger partial charge in [-0.05, 0) is 29.5 Å². The van der Waals surface area contributed by atoms with Crippen LogP contribution in [0.3, 0.4) is 0 Å². The summed E-state index contributed by atoms with van der Waals surface area (Å²) in [7, 11) is 0. The van der Waals surface area contributed by atoms with Gasteiger partial charge in [-0.2, -0.15) is 4.68 Å². The van der Waals surface area contributed by atoms with Gasteiger partial charge in [-0.15, -0.1) is 0 Å². The first-order chi connectivity index (χ1) is 12.8.